The third-order valence-electron chi connectivity index (χ3n) is 16.6. The number of hydrogen-bond acceptors (Lipinski definition) is 4. The van der Waals surface area contributed by atoms with Crippen molar-refractivity contribution in [2.24, 2.45) is 0 Å². The van der Waals surface area contributed by atoms with Crippen molar-refractivity contribution in [1.82, 2.24) is 9.55 Å². The van der Waals surface area contributed by atoms with E-state index in [1.54, 1.807) is 0 Å². The summed E-state index contributed by atoms with van der Waals surface area (Å²) >= 11 is 0. The summed E-state index contributed by atoms with van der Waals surface area (Å²) in [6, 6.07) is 72.1. The summed E-state index contributed by atoms with van der Waals surface area (Å²) in [5.74, 6) is 2.74. The Labute approximate surface area is 491 Å². The van der Waals surface area contributed by atoms with Gasteiger partial charge in [0.15, 0.2) is 0 Å². The minimum Gasteiger partial charge on any atom is -0.509 e. The van der Waals surface area contributed by atoms with Crippen molar-refractivity contribution >= 4 is 44.6 Å². The molecule has 5 nitrogen and oxygen atoms in total. The number of benzene rings is 8. The Bertz CT molecular complexity index is 3860. The van der Waals surface area contributed by atoms with Gasteiger partial charge < -0.3 is 19.1 Å². The van der Waals surface area contributed by atoms with Gasteiger partial charge in [-0.25, -0.2) is 4.98 Å². The largest absolute Gasteiger partial charge is 0.509 e. The molecule has 10 aromatic rings. The molecule has 6 heteroatoms. The first-order valence-corrected chi connectivity index (χ1v) is 28.2. The first-order valence-electron chi connectivity index (χ1n) is 28.2. The van der Waals surface area contributed by atoms with Gasteiger partial charge in [-0.15, -0.1) is 53.6 Å². The van der Waals surface area contributed by atoms with Crippen LogP contribution in [0.5, 0.6) is 11.5 Å². The fourth-order valence-corrected chi connectivity index (χ4v) is 11.6. The molecular weight excluding hydrogens is 1160 g/mol. The van der Waals surface area contributed by atoms with Crippen molar-refractivity contribution in [3.8, 4) is 28.4 Å². The van der Waals surface area contributed by atoms with E-state index < -0.39 is 5.41 Å². The molecule has 0 saturated carbocycles. The summed E-state index contributed by atoms with van der Waals surface area (Å²) in [5.41, 5.74) is 17.9. The maximum atomic E-state index is 7.14. The number of fused-ring (bicyclic) bond motifs is 4. The zero-order valence-electron chi connectivity index (χ0n) is 49.1. The second kappa shape index (κ2) is 21.4. The van der Waals surface area contributed by atoms with E-state index in [4.69, 9.17) is 9.72 Å². The molecule has 3 heterocycles. The number of rotatable bonds is 12. The number of nitrogens with zero attached hydrogens (tertiary/aromatic N) is 4. The van der Waals surface area contributed by atoms with Crippen LogP contribution < -0.4 is 14.5 Å². The average Bonchev–Trinajstić information content (AvgIpc) is 4.17. The molecule has 0 unspecified atom stereocenters. The van der Waals surface area contributed by atoms with E-state index in [0.717, 1.165) is 55.9 Å². The molecule has 1 aliphatic rings. The Hall–Kier alpha value is -7.20. The van der Waals surface area contributed by atoms with E-state index in [2.05, 4.69) is 306 Å². The topological polar surface area (TPSA) is 33.5 Å². The van der Waals surface area contributed by atoms with Gasteiger partial charge >= 0.3 is 0 Å². The van der Waals surface area contributed by atoms with Crippen LogP contribution in [-0.2, 0) is 42.7 Å². The Balaban J connectivity index is 0.00000720. The van der Waals surface area contributed by atoms with E-state index in [9.17, 15) is 0 Å². The van der Waals surface area contributed by atoms with Gasteiger partial charge in [0.25, 0.3) is 0 Å². The molecule has 1 aliphatic heterocycles. The van der Waals surface area contributed by atoms with Gasteiger partial charge in [-0.2, -0.15) is 6.07 Å². The molecule has 0 bridgehead atoms. The van der Waals surface area contributed by atoms with Crippen molar-refractivity contribution in [3.05, 3.63) is 245 Å². The van der Waals surface area contributed by atoms with Crippen LogP contribution in [0.1, 0.15) is 153 Å². The van der Waals surface area contributed by atoms with Gasteiger partial charge in [0.05, 0.1) is 0 Å². The van der Waals surface area contributed by atoms with Crippen LogP contribution in [0.2, 0.25) is 0 Å². The fraction of sp³-hybridized carbons (Fsp3) is 0.270. The van der Waals surface area contributed by atoms with Crippen molar-refractivity contribution in [3.63, 3.8) is 0 Å². The number of anilines is 4. The van der Waals surface area contributed by atoms with Gasteiger partial charge in [0, 0.05) is 66.8 Å². The van der Waals surface area contributed by atoms with E-state index in [1.807, 2.05) is 6.20 Å². The van der Waals surface area contributed by atoms with Crippen LogP contribution in [0.3, 0.4) is 0 Å². The molecule has 0 atom stereocenters. The molecule has 0 saturated heterocycles. The fourth-order valence-electron chi connectivity index (χ4n) is 11.6. The maximum absolute atomic E-state index is 7.14. The summed E-state index contributed by atoms with van der Waals surface area (Å²) < 4.78 is 9.40. The van der Waals surface area contributed by atoms with E-state index in [-0.39, 0.29) is 37.3 Å². The van der Waals surface area contributed by atoms with Gasteiger partial charge in [-0.1, -0.05) is 212 Å². The van der Waals surface area contributed by atoms with Crippen molar-refractivity contribution < 1.29 is 25.8 Å². The average molecular weight is 1230 g/mol. The third-order valence-corrected chi connectivity index (χ3v) is 16.6. The molecule has 0 amide bonds. The monoisotopic (exact) mass is 1230 g/mol. The Morgan fingerprint density at radius 3 is 1.73 bits per heavy atom. The zero-order valence-corrected chi connectivity index (χ0v) is 51.3. The normalized spacial score (nSPS) is 13.2. The predicted octanol–water partition coefficient (Wildman–Crippen LogP) is 20.1. The Morgan fingerprint density at radius 1 is 0.475 bits per heavy atom. The van der Waals surface area contributed by atoms with Crippen LogP contribution in [-0.4, -0.2) is 9.55 Å². The molecular formula is C74H75N4OPt-3. The Kier molecular flexibility index (Phi) is 15.0. The summed E-state index contributed by atoms with van der Waals surface area (Å²) in [6.45, 7) is 34.2. The Morgan fingerprint density at radius 2 is 1.09 bits per heavy atom. The molecule has 8 aromatic carbocycles. The predicted molar refractivity (Wildman–Crippen MR) is 332 cm³/mol. The maximum Gasteiger partial charge on any atom is 0.135 e. The molecule has 0 N–H and O–H groups in total. The summed E-state index contributed by atoms with van der Waals surface area (Å²) in [7, 11) is 0. The van der Waals surface area contributed by atoms with Gasteiger partial charge in [0.2, 0.25) is 0 Å². The van der Waals surface area contributed by atoms with Crippen LogP contribution in [0.4, 0.5) is 22.7 Å². The summed E-state index contributed by atoms with van der Waals surface area (Å²) in [5, 5.41) is 2.25. The number of hydrogen-bond donors (Lipinski definition) is 0. The zero-order chi connectivity index (χ0) is 55.8. The molecule has 0 fully saturated rings. The van der Waals surface area contributed by atoms with Crippen LogP contribution in [0.15, 0.2) is 182 Å². The third kappa shape index (κ3) is 10.4. The molecule has 2 aromatic heterocycles. The van der Waals surface area contributed by atoms with Crippen molar-refractivity contribution in [1.29, 1.82) is 0 Å². The standard InChI is InChI=1S/C74H75N4O.Pt/c1-48(2)61-29-22-30-62(49(3)4)70(61)50-31-35-66-68(39-50)76(57-28-21-27-55(40-57)73(11,12)51-23-17-15-18-24-51)47-77(66)58-41-56(74(13,14)52-25-19-16-20-26-52)42-60(45-58)79-59-33-34-63-64-43-53(71(5,6)7)32-36-65(64)78(67(63)46-59)69-44-54(37-38-75-69)72(8,9)10;/h15-44,47-49H,1-14H3;/q-3;. The minimum atomic E-state index is -0.408. The van der Waals surface area contributed by atoms with Gasteiger partial charge in [-0.3, -0.25) is 0 Å². The molecule has 0 aliphatic carbocycles. The van der Waals surface area contributed by atoms with E-state index >= 15 is 0 Å². The smallest absolute Gasteiger partial charge is 0.135 e. The molecule has 0 spiro atoms. The number of ether oxygens (including phenoxy) is 1. The van der Waals surface area contributed by atoms with Gasteiger partial charge in [0.1, 0.15) is 5.82 Å². The molecule has 11 rings (SSSR count). The second-order valence-corrected chi connectivity index (χ2v) is 25.5. The van der Waals surface area contributed by atoms with Crippen LogP contribution in [0, 0.1) is 18.8 Å². The quantitative estimate of drug-likeness (QED) is 0.114. The van der Waals surface area contributed by atoms with Gasteiger partial charge in [-0.05, 0) is 126 Å². The number of aromatic nitrogens is 2. The van der Waals surface area contributed by atoms with Crippen molar-refractivity contribution in [2.45, 2.75) is 130 Å². The molecule has 0 radical (unpaired) electrons. The molecule has 80 heavy (non-hydrogen) atoms. The first-order chi connectivity index (χ1) is 37.6. The number of pyridine rings is 1. The SMILES string of the molecule is CC(C)c1cccc(C(C)C)c1-c1ccc2c(c1)N(c1cccc(C(C)(C)c3ccccc3)c1)[CH-]N2c1[c-]c(Oc2[c-]c3c(cc2)c2cc(C(C)(C)C)ccc2n3-c2cc(C(C)(C)C)ccn2)cc(C(C)(C)c2ccccc2)c1.[Pt]. The van der Waals surface area contributed by atoms with Crippen LogP contribution in [0.25, 0.3) is 38.8 Å². The van der Waals surface area contributed by atoms with E-state index in [1.165, 1.54) is 50.1 Å². The minimum absolute atomic E-state index is 0. The van der Waals surface area contributed by atoms with E-state index in [0.29, 0.717) is 23.3 Å². The first kappa shape index (κ1) is 56.1. The van der Waals surface area contributed by atoms with Crippen LogP contribution >= 0.6 is 0 Å². The van der Waals surface area contributed by atoms with Crippen molar-refractivity contribution in [2.75, 3.05) is 9.80 Å². The summed E-state index contributed by atoms with van der Waals surface area (Å²) in [6.07, 6.45) is 1.93. The molecule has 410 valence electrons. The summed E-state index contributed by atoms with van der Waals surface area (Å²) in [4.78, 5) is 9.68. The second-order valence-electron chi connectivity index (χ2n) is 25.5.